The molecule has 1 fully saturated rings. The van der Waals surface area contributed by atoms with E-state index in [9.17, 15) is 4.79 Å². The Labute approximate surface area is 85.4 Å². The van der Waals surface area contributed by atoms with Crippen LogP contribution in [-0.4, -0.2) is 36.7 Å². The summed E-state index contributed by atoms with van der Waals surface area (Å²) in [5.41, 5.74) is 5.67. The van der Waals surface area contributed by atoms with Crippen molar-refractivity contribution in [2.24, 2.45) is 11.7 Å². The minimum atomic E-state index is -0.236. The van der Waals surface area contributed by atoms with Crippen LogP contribution in [0.25, 0.3) is 0 Å². The highest BCUT2D eigenvalue weighted by Gasteiger charge is 2.28. The van der Waals surface area contributed by atoms with Gasteiger partial charge >= 0.3 is 6.09 Å². The second-order valence-corrected chi connectivity index (χ2v) is 4.41. The fraction of sp³-hybridized carbons (Fsp3) is 0.900. The Morgan fingerprint density at radius 1 is 1.57 bits per heavy atom. The van der Waals surface area contributed by atoms with Crippen LogP contribution in [0.4, 0.5) is 4.79 Å². The van der Waals surface area contributed by atoms with Gasteiger partial charge in [-0.2, -0.15) is 0 Å². The molecule has 0 bridgehead atoms. The van der Waals surface area contributed by atoms with Gasteiger partial charge in [-0.15, -0.1) is 0 Å². The third-order valence-electron chi connectivity index (χ3n) is 2.45. The Bertz CT molecular complexity index is 200. The van der Waals surface area contributed by atoms with E-state index in [1.54, 1.807) is 11.9 Å². The third kappa shape index (κ3) is 3.18. The lowest BCUT2D eigenvalue weighted by atomic mass is 9.81. The van der Waals surface area contributed by atoms with E-state index in [-0.39, 0.29) is 12.2 Å². The van der Waals surface area contributed by atoms with Crippen LogP contribution in [0, 0.1) is 5.92 Å². The van der Waals surface area contributed by atoms with Gasteiger partial charge in [-0.25, -0.2) is 4.79 Å². The fourth-order valence-corrected chi connectivity index (χ4v) is 1.69. The number of carbonyl (C=O) groups excluding carboxylic acids is 1. The van der Waals surface area contributed by atoms with Crippen LogP contribution in [0.5, 0.6) is 0 Å². The maximum Gasteiger partial charge on any atom is 0.409 e. The van der Waals surface area contributed by atoms with E-state index in [2.05, 4.69) is 0 Å². The molecular formula is C10H20N2O2. The zero-order valence-corrected chi connectivity index (χ0v) is 9.19. The van der Waals surface area contributed by atoms with Gasteiger partial charge in [-0.1, -0.05) is 0 Å². The summed E-state index contributed by atoms with van der Waals surface area (Å²) in [4.78, 5) is 13.0. The molecule has 0 radical (unpaired) electrons. The largest absolute Gasteiger partial charge is 0.447 e. The van der Waals surface area contributed by atoms with Gasteiger partial charge < -0.3 is 15.4 Å². The predicted octanol–water partition coefficient (Wildman–Crippen LogP) is 1.20. The number of amides is 1. The average molecular weight is 200 g/mol. The van der Waals surface area contributed by atoms with Gasteiger partial charge in [0.2, 0.25) is 0 Å². The number of rotatable bonds is 3. The Balaban J connectivity index is 2.20. The average Bonchev–Trinajstić information content (AvgIpc) is 2.00. The zero-order chi connectivity index (χ0) is 10.7. The first kappa shape index (κ1) is 11.3. The highest BCUT2D eigenvalue weighted by atomic mass is 16.6. The second-order valence-electron chi connectivity index (χ2n) is 4.41. The number of hydrogen-bond acceptors (Lipinski definition) is 3. The van der Waals surface area contributed by atoms with Crippen LogP contribution in [0.2, 0.25) is 0 Å². The van der Waals surface area contributed by atoms with Crippen molar-refractivity contribution in [3.05, 3.63) is 0 Å². The van der Waals surface area contributed by atoms with Gasteiger partial charge in [-0.05, 0) is 32.6 Å². The van der Waals surface area contributed by atoms with E-state index in [1.807, 2.05) is 13.8 Å². The summed E-state index contributed by atoms with van der Waals surface area (Å²) >= 11 is 0. The van der Waals surface area contributed by atoms with Crippen molar-refractivity contribution in [2.45, 2.75) is 38.8 Å². The van der Waals surface area contributed by atoms with Gasteiger partial charge in [0.05, 0.1) is 6.10 Å². The van der Waals surface area contributed by atoms with Crippen LogP contribution in [-0.2, 0) is 4.74 Å². The zero-order valence-electron chi connectivity index (χ0n) is 9.19. The first-order valence-electron chi connectivity index (χ1n) is 5.16. The molecule has 4 nitrogen and oxygen atoms in total. The molecule has 0 aromatic carbocycles. The number of hydrogen-bond donors (Lipinski definition) is 1. The monoisotopic (exact) mass is 200 g/mol. The maximum absolute atomic E-state index is 11.4. The van der Waals surface area contributed by atoms with Crippen LogP contribution in [0.1, 0.15) is 26.7 Å². The second kappa shape index (κ2) is 4.64. The molecule has 1 rings (SSSR count). The minimum absolute atomic E-state index is 0.0476. The van der Waals surface area contributed by atoms with Gasteiger partial charge in [0.1, 0.15) is 0 Å². The molecule has 0 heterocycles. The van der Waals surface area contributed by atoms with E-state index in [1.165, 1.54) is 0 Å². The van der Waals surface area contributed by atoms with Crippen molar-refractivity contribution < 1.29 is 9.53 Å². The van der Waals surface area contributed by atoms with Gasteiger partial charge in [0.25, 0.3) is 0 Å². The minimum Gasteiger partial charge on any atom is -0.447 e. The summed E-state index contributed by atoms with van der Waals surface area (Å²) in [7, 11) is 1.77. The van der Waals surface area contributed by atoms with Crippen molar-refractivity contribution in [1.82, 2.24) is 4.90 Å². The highest BCUT2D eigenvalue weighted by molar-refractivity contribution is 5.67. The van der Waals surface area contributed by atoms with Crippen molar-refractivity contribution in [1.29, 1.82) is 0 Å². The molecule has 4 heteroatoms. The summed E-state index contributed by atoms with van der Waals surface area (Å²) in [6.07, 6.45) is 1.77. The summed E-state index contributed by atoms with van der Waals surface area (Å²) in [6.45, 7) is 4.47. The lowest BCUT2D eigenvalue weighted by Crippen LogP contribution is -2.43. The number of carbonyl (C=O) groups is 1. The van der Waals surface area contributed by atoms with Gasteiger partial charge in [0, 0.05) is 19.6 Å². The molecule has 0 aromatic rings. The lowest BCUT2D eigenvalue weighted by Gasteiger charge is -2.35. The van der Waals surface area contributed by atoms with Crippen LogP contribution in [0.15, 0.2) is 0 Å². The van der Waals surface area contributed by atoms with E-state index in [0.29, 0.717) is 12.0 Å². The van der Waals surface area contributed by atoms with E-state index in [4.69, 9.17) is 10.5 Å². The quantitative estimate of drug-likeness (QED) is 0.744. The van der Waals surface area contributed by atoms with Crippen molar-refractivity contribution >= 4 is 6.09 Å². The molecule has 0 saturated heterocycles. The third-order valence-corrected chi connectivity index (χ3v) is 2.45. The van der Waals surface area contributed by atoms with Gasteiger partial charge in [0.15, 0.2) is 0 Å². The molecule has 0 unspecified atom stereocenters. The van der Waals surface area contributed by atoms with Crippen molar-refractivity contribution in [3.63, 3.8) is 0 Å². The van der Waals surface area contributed by atoms with Crippen LogP contribution >= 0.6 is 0 Å². The maximum atomic E-state index is 11.4. The molecule has 1 amide bonds. The molecule has 1 saturated carbocycles. The van der Waals surface area contributed by atoms with Crippen LogP contribution in [0.3, 0.4) is 0 Å². The first-order valence-corrected chi connectivity index (χ1v) is 5.16. The summed E-state index contributed by atoms with van der Waals surface area (Å²) in [5.74, 6) is 0.565. The van der Waals surface area contributed by atoms with E-state index < -0.39 is 0 Å². The number of nitrogens with two attached hydrogens (primary N) is 1. The van der Waals surface area contributed by atoms with Crippen LogP contribution < -0.4 is 5.73 Å². The Hall–Kier alpha value is -0.770. The van der Waals surface area contributed by atoms with E-state index in [0.717, 1.165) is 19.4 Å². The summed E-state index contributed by atoms with van der Waals surface area (Å²) in [6, 6.07) is 0.342. The van der Waals surface area contributed by atoms with Crippen molar-refractivity contribution in [2.75, 3.05) is 13.6 Å². The first-order chi connectivity index (χ1) is 6.49. The topological polar surface area (TPSA) is 55.6 Å². The lowest BCUT2D eigenvalue weighted by molar-refractivity contribution is 0.0729. The molecule has 14 heavy (non-hydrogen) atoms. The Morgan fingerprint density at radius 3 is 2.57 bits per heavy atom. The standard InChI is InChI=1S/C10H20N2O2/c1-7(2)14-10(13)12(3)6-8-4-9(11)5-8/h7-9H,4-6,11H2,1-3H3. The molecule has 2 N–H and O–H groups in total. The number of nitrogens with zero attached hydrogens (tertiary/aromatic N) is 1. The predicted molar refractivity (Wildman–Crippen MR) is 54.9 cm³/mol. The van der Waals surface area contributed by atoms with Gasteiger partial charge in [-0.3, -0.25) is 0 Å². The molecule has 0 aromatic heterocycles. The fourth-order valence-electron chi connectivity index (χ4n) is 1.69. The SMILES string of the molecule is CC(C)OC(=O)N(C)CC1CC(N)C1. The van der Waals surface area contributed by atoms with E-state index >= 15 is 0 Å². The summed E-state index contributed by atoms with van der Waals surface area (Å²) < 4.78 is 5.06. The molecule has 1 aliphatic carbocycles. The molecule has 0 spiro atoms. The summed E-state index contributed by atoms with van der Waals surface area (Å²) in [5, 5.41) is 0. The van der Waals surface area contributed by atoms with Crippen molar-refractivity contribution in [3.8, 4) is 0 Å². The Morgan fingerprint density at radius 2 is 2.14 bits per heavy atom. The highest BCUT2D eigenvalue weighted by Crippen LogP contribution is 2.26. The molecule has 82 valence electrons. The number of ether oxygens (including phenoxy) is 1. The molecule has 1 aliphatic rings. The molecule has 0 atom stereocenters. The Kier molecular flexibility index (Phi) is 3.75. The molecular weight excluding hydrogens is 180 g/mol. The molecule has 0 aliphatic heterocycles. The normalized spacial score (nSPS) is 25.8. The smallest absolute Gasteiger partial charge is 0.409 e.